The van der Waals surface area contributed by atoms with Crippen LogP contribution < -0.4 is 0 Å². The van der Waals surface area contributed by atoms with Gasteiger partial charge in [-0.1, -0.05) is 30.3 Å². The molecule has 6 nitrogen and oxygen atoms in total. The number of halogens is 2. The van der Waals surface area contributed by atoms with Crippen LogP contribution in [-0.4, -0.2) is 82.0 Å². The van der Waals surface area contributed by atoms with E-state index in [9.17, 15) is 23.5 Å². The van der Waals surface area contributed by atoms with E-state index >= 15 is 0 Å². The van der Waals surface area contributed by atoms with Crippen molar-refractivity contribution in [3.63, 3.8) is 0 Å². The third kappa shape index (κ3) is 5.91. The van der Waals surface area contributed by atoms with Crippen LogP contribution in [0.2, 0.25) is 0 Å². The van der Waals surface area contributed by atoms with Crippen molar-refractivity contribution in [1.29, 1.82) is 0 Å². The average Bonchev–Trinajstić information content (AvgIpc) is 3.29. The van der Waals surface area contributed by atoms with Crippen molar-refractivity contribution in [2.24, 2.45) is 5.92 Å². The highest BCUT2D eigenvalue weighted by Crippen LogP contribution is 2.39. The molecule has 0 bridgehead atoms. The molecule has 0 spiro atoms. The summed E-state index contributed by atoms with van der Waals surface area (Å²) in [6.45, 7) is 12.4. The molecule has 2 fully saturated rings. The van der Waals surface area contributed by atoms with E-state index in [0.717, 1.165) is 17.2 Å². The molecule has 2 aliphatic heterocycles. The number of hydrogen-bond donors (Lipinski definition) is 1. The van der Waals surface area contributed by atoms with Crippen LogP contribution in [0.15, 0.2) is 42.5 Å². The highest BCUT2D eigenvalue weighted by molar-refractivity contribution is 5.81. The monoisotopic (exact) mass is 527 g/mol. The fourth-order valence-electron chi connectivity index (χ4n) is 5.95. The van der Waals surface area contributed by atoms with Crippen LogP contribution in [0.25, 0.3) is 0 Å². The van der Waals surface area contributed by atoms with E-state index in [-0.39, 0.29) is 23.4 Å². The Morgan fingerprint density at radius 2 is 1.76 bits per heavy atom. The number of likely N-dealkylation sites (tertiary alicyclic amines) is 1. The Kier molecular flexibility index (Phi) is 8.23. The summed E-state index contributed by atoms with van der Waals surface area (Å²) >= 11 is 0. The van der Waals surface area contributed by atoms with Crippen molar-refractivity contribution < 1.29 is 23.5 Å². The van der Waals surface area contributed by atoms with Gasteiger partial charge in [0.1, 0.15) is 17.7 Å². The lowest BCUT2D eigenvalue weighted by atomic mass is 9.87. The van der Waals surface area contributed by atoms with Gasteiger partial charge in [-0.2, -0.15) is 0 Å². The molecule has 2 heterocycles. The molecule has 1 amide bonds. The van der Waals surface area contributed by atoms with Gasteiger partial charge in [0.15, 0.2) is 0 Å². The van der Waals surface area contributed by atoms with Crippen molar-refractivity contribution in [3.05, 3.63) is 70.8 Å². The second-order valence-corrected chi connectivity index (χ2v) is 11.8. The molecule has 2 aromatic rings. The van der Waals surface area contributed by atoms with Gasteiger partial charge in [-0.05, 0) is 63.8 Å². The molecule has 8 heteroatoms. The maximum absolute atomic E-state index is 14.9. The maximum atomic E-state index is 14.9. The minimum atomic E-state index is -0.872. The van der Waals surface area contributed by atoms with Crippen LogP contribution in [0.1, 0.15) is 50.3 Å². The minimum absolute atomic E-state index is 0.0524. The van der Waals surface area contributed by atoms with E-state index in [1.54, 1.807) is 0 Å². The zero-order chi connectivity index (χ0) is 27.8. The minimum Gasteiger partial charge on any atom is -0.480 e. The molecule has 38 heavy (non-hydrogen) atoms. The van der Waals surface area contributed by atoms with Gasteiger partial charge in [0.2, 0.25) is 5.91 Å². The molecular formula is C30H39F2N3O3. The zero-order valence-corrected chi connectivity index (χ0v) is 23.0. The third-order valence-corrected chi connectivity index (χ3v) is 8.29. The largest absolute Gasteiger partial charge is 0.480 e. The van der Waals surface area contributed by atoms with Crippen molar-refractivity contribution in [3.8, 4) is 0 Å². The number of carbonyl (C=O) groups excluding carboxylic acids is 1. The average molecular weight is 528 g/mol. The van der Waals surface area contributed by atoms with E-state index in [4.69, 9.17) is 0 Å². The van der Waals surface area contributed by atoms with Gasteiger partial charge in [-0.15, -0.1) is 0 Å². The number of piperazine rings is 1. The fraction of sp³-hybridized carbons (Fsp3) is 0.533. The number of aryl methyl sites for hydroxylation is 1. The summed E-state index contributed by atoms with van der Waals surface area (Å²) in [6, 6.07) is 10.5. The number of carboxylic acid groups (broad SMARTS) is 1. The standard InChI is InChI=1S/C30H39F2N3O3/c1-19-8-6-7-9-21(19)14-27(29(37)38)33-12-13-35(20(2)16-33)28(36)25-18-34(30(3,4)5)17-24(25)23-11-10-22(31)15-26(23)32/h6-11,15,20,24-25,27H,12-14,16-18H2,1-5H3,(H,37,38)/t20-,24-,25+,27-/m0/s1. The lowest BCUT2D eigenvalue weighted by molar-refractivity contribution is -0.147. The molecule has 4 rings (SSSR count). The molecule has 0 unspecified atom stereocenters. The van der Waals surface area contributed by atoms with Crippen LogP contribution in [-0.2, 0) is 16.0 Å². The Balaban J connectivity index is 1.52. The number of hydrogen-bond acceptors (Lipinski definition) is 4. The quantitative estimate of drug-likeness (QED) is 0.607. The third-order valence-electron chi connectivity index (χ3n) is 8.29. The Hall–Kier alpha value is -2.84. The van der Waals surface area contributed by atoms with Crippen molar-refractivity contribution >= 4 is 11.9 Å². The number of carboxylic acids is 1. The Morgan fingerprint density at radius 3 is 2.37 bits per heavy atom. The first-order valence-electron chi connectivity index (χ1n) is 13.4. The van der Waals surface area contributed by atoms with Gasteiger partial charge in [-0.25, -0.2) is 8.78 Å². The maximum Gasteiger partial charge on any atom is 0.321 e. The van der Waals surface area contributed by atoms with E-state index in [1.807, 2.05) is 47.9 Å². The van der Waals surface area contributed by atoms with Crippen LogP contribution in [0.3, 0.4) is 0 Å². The molecule has 206 valence electrons. The summed E-state index contributed by atoms with van der Waals surface area (Å²) in [4.78, 5) is 32.2. The summed E-state index contributed by atoms with van der Waals surface area (Å²) in [5, 5.41) is 10.0. The molecular weight excluding hydrogens is 488 g/mol. The Bertz CT molecular complexity index is 1180. The van der Waals surface area contributed by atoms with Crippen LogP contribution >= 0.6 is 0 Å². The normalized spacial score (nSPS) is 24.0. The molecule has 1 N–H and O–H groups in total. The summed E-state index contributed by atoms with van der Waals surface area (Å²) in [5.74, 6) is -3.04. The van der Waals surface area contributed by atoms with E-state index in [2.05, 4.69) is 25.7 Å². The van der Waals surface area contributed by atoms with Gasteiger partial charge in [0.05, 0.1) is 5.92 Å². The smallest absolute Gasteiger partial charge is 0.321 e. The molecule has 0 aromatic heterocycles. The van der Waals surface area contributed by atoms with Gasteiger partial charge < -0.3 is 10.0 Å². The first kappa shape index (κ1) is 28.2. The van der Waals surface area contributed by atoms with Gasteiger partial charge in [-0.3, -0.25) is 19.4 Å². The predicted molar refractivity (Wildman–Crippen MR) is 143 cm³/mol. The first-order valence-corrected chi connectivity index (χ1v) is 13.4. The molecule has 4 atom stereocenters. The van der Waals surface area contributed by atoms with Gasteiger partial charge >= 0.3 is 5.97 Å². The zero-order valence-electron chi connectivity index (χ0n) is 23.0. The first-order chi connectivity index (χ1) is 17.9. The molecule has 0 radical (unpaired) electrons. The predicted octanol–water partition coefficient (Wildman–Crippen LogP) is 4.32. The summed E-state index contributed by atoms with van der Waals surface area (Å²) < 4.78 is 28.5. The molecule has 0 aliphatic carbocycles. The van der Waals surface area contributed by atoms with Crippen LogP contribution in [0, 0.1) is 24.5 Å². The van der Waals surface area contributed by atoms with E-state index in [1.165, 1.54) is 12.1 Å². The van der Waals surface area contributed by atoms with E-state index < -0.39 is 29.6 Å². The summed E-state index contributed by atoms with van der Waals surface area (Å²) in [7, 11) is 0. The number of benzene rings is 2. The highest BCUT2D eigenvalue weighted by atomic mass is 19.1. The second-order valence-electron chi connectivity index (χ2n) is 11.8. The number of amides is 1. The summed E-state index contributed by atoms with van der Waals surface area (Å²) in [6.07, 6.45) is 0.401. The van der Waals surface area contributed by atoms with Crippen LogP contribution in [0.5, 0.6) is 0 Å². The van der Waals surface area contributed by atoms with Crippen molar-refractivity contribution in [2.45, 2.75) is 64.6 Å². The Morgan fingerprint density at radius 1 is 1.05 bits per heavy atom. The van der Waals surface area contributed by atoms with Gasteiger partial charge in [0.25, 0.3) is 0 Å². The Labute approximate surface area is 224 Å². The number of carbonyl (C=O) groups is 2. The topological polar surface area (TPSA) is 64.1 Å². The number of aliphatic carboxylic acids is 1. The molecule has 2 aliphatic rings. The number of nitrogens with zero attached hydrogens (tertiary/aromatic N) is 3. The van der Waals surface area contributed by atoms with Crippen molar-refractivity contribution in [2.75, 3.05) is 32.7 Å². The molecule has 2 aromatic carbocycles. The SMILES string of the molecule is Cc1ccccc1C[C@@H](C(=O)O)N1CCN(C(=O)[C@@H]2CN(C(C)(C)C)C[C@H]2c2ccc(F)cc2F)[C@@H](C)C1. The van der Waals surface area contributed by atoms with E-state index in [0.29, 0.717) is 44.7 Å². The fourth-order valence-corrected chi connectivity index (χ4v) is 5.95. The van der Waals surface area contributed by atoms with Crippen LogP contribution in [0.4, 0.5) is 8.78 Å². The lowest BCUT2D eigenvalue weighted by Gasteiger charge is -2.43. The summed E-state index contributed by atoms with van der Waals surface area (Å²) in [5.41, 5.74) is 2.22. The molecule has 2 saturated heterocycles. The van der Waals surface area contributed by atoms with Crippen molar-refractivity contribution in [1.82, 2.24) is 14.7 Å². The lowest BCUT2D eigenvalue weighted by Crippen LogP contribution is -2.59. The number of rotatable bonds is 6. The second kappa shape index (κ2) is 11.1. The highest BCUT2D eigenvalue weighted by Gasteiger charge is 2.46. The molecule has 0 saturated carbocycles. The van der Waals surface area contributed by atoms with Gasteiger partial charge in [0, 0.05) is 56.3 Å².